The van der Waals surface area contributed by atoms with Crippen LogP contribution < -0.4 is 19.5 Å². The van der Waals surface area contributed by atoms with E-state index in [9.17, 15) is 14.0 Å². The van der Waals surface area contributed by atoms with Gasteiger partial charge in [0.2, 0.25) is 5.75 Å². The van der Waals surface area contributed by atoms with Crippen LogP contribution >= 0.6 is 12.2 Å². The zero-order chi connectivity index (χ0) is 29.4. The Kier molecular flexibility index (Phi) is 10.3. The van der Waals surface area contributed by atoms with Crippen molar-refractivity contribution in [1.82, 2.24) is 10.3 Å². The van der Waals surface area contributed by atoms with Crippen LogP contribution in [0, 0.1) is 12.7 Å². The van der Waals surface area contributed by atoms with Gasteiger partial charge in [0.25, 0.3) is 0 Å². The van der Waals surface area contributed by atoms with Gasteiger partial charge in [-0.2, -0.15) is 0 Å². The van der Waals surface area contributed by atoms with Crippen LogP contribution in [-0.4, -0.2) is 54.7 Å². The Labute approximate surface area is 238 Å². The molecule has 0 bridgehead atoms. The Bertz CT molecular complexity index is 1370. The second kappa shape index (κ2) is 13.5. The first-order valence-electron chi connectivity index (χ1n) is 12.5. The van der Waals surface area contributed by atoms with E-state index in [2.05, 4.69) is 10.3 Å². The van der Waals surface area contributed by atoms with Crippen LogP contribution in [0.4, 0.5) is 4.39 Å². The molecule has 1 aromatic heterocycles. The topological polar surface area (TPSA) is 96.0 Å². The number of methoxy groups -OCH3 is 2. The second-order valence-corrected chi connectivity index (χ2v) is 9.97. The molecule has 3 rings (SSSR count). The molecule has 0 spiro atoms. The van der Waals surface area contributed by atoms with E-state index in [1.165, 1.54) is 45.5 Å². The molecule has 0 saturated carbocycles. The first kappa shape index (κ1) is 30.6. The molecule has 3 aromatic rings. The number of nitrogens with one attached hydrogen (secondary N) is 1. The van der Waals surface area contributed by atoms with Crippen molar-refractivity contribution in [2.45, 2.75) is 45.3 Å². The summed E-state index contributed by atoms with van der Waals surface area (Å²) in [5, 5.41) is 2.99. The standard InChI is InChI=1S/C30H33FN2O6S/c1-18-7-9-21(10-8-18)26(23-12-11-22(31)15-25(23)37-6)19(2)38-17-30(4,16-34)33-29(40)27-28(39-20(3)35)24(36-5)13-14-32-27/h7-16,19,26H,17H2,1-6H3,(H,33,40)/t19-,26-,30+/m0/s1. The highest BCUT2D eigenvalue weighted by Crippen LogP contribution is 2.37. The van der Waals surface area contributed by atoms with Crippen LogP contribution in [-0.2, 0) is 14.3 Å². The monoisotopic (exact) mass is 568 g/mol. The van der Waals surface area contributed by atoms with Crippen molar-refractivity contribution in [2.75, 3.05) is 20.8 Å². The number of rotatable bonds is 12. The van der Waals surface area contributed by atoms with Crippen LogP contribution in [0.15, 0.2) is 54.7 Å². The summed E-state index contributed by atoms with van der Waals surface area (Å²) in [5.74, 6) is -0.641. The molecule has 0 unspecified atom stereocenters. The van der Waals surface area contributed by atoms with Gasteiger partial charge in [0, 0.05) is 36.7 Å². The van der Waals surface area contributed by atoms with E-state index in [0.717, 1.165) is 16.7 Å². The third kappa shape index (κ3) is 7.40. The molecule has 2 aromatic carbocycles. The summed E-state index contributed by atoms with van der Waals surface area (Å²) in [6.07, 6.45) is 1.67. The van der Waals surface area contributed by atoms with Gasteiger partial charge in [0.1, 0.15) is 34.1 Å². The van der Waals surface area contributed by atoms with Crippen molar-refractivity contribution in [2.24, 2.45) is 0 Å². The van der Waals surface area contributed by atoms with E-state index >= 15 is 0 Å². The van der Waals surface area contributed by atoms with Crippen molar-refractivity contribution in [3.63, 3.8) is 0 Å². The van der Waals surface area contributed by atoms with Crippen molar-refractivity contribution >= 4 is 29.5 Å². The second-order valence-electron chi connectivity index (χ2n) is 9.56. The molecule has 1 N–H and O–H groups in total. The highest BCUT2D eigenvalue weighted by Gasteiger charge is 2.32. The Morgan fingerprint density at radius 1 is 1.12 bits per heavy atom. The van der Waals surface area contributed by atoms with Crippen LogP contribution in [0.5, 0.6) is 17.2 Å². The molecule has 0 radical (unpaired) electrons. The summed E-state index contributed by atoms with van der Waals surface area (Å²) in [4.78, 5) is 28.3. The van der Waals surface area contributed by atoms with Crippen LogP contribution in [0.2, 0.25) is 0 Å². The largest absolute Gasteiger partial charge is 0.496 e. The molecular formula is C30H33FN2O6S. The van der Waals surface area contributed by atoms with Gasteiger partial charge in [-0.25, -0.2) is 9.37 Å². The lowest BCUT2D eigenvalue weighted by Gasteiger charge is -2.31. The van der Waals surface area contributed by atoms with E-state index in [1.807, 2.05) is 38.1 Å². The number of halogens is 1. The van der Waals surface area contributed by atoms with Crippen molar-refractivity contribution < 1.29 is 32.9 Å². The summed E-state index contributed by atoms with van der Waals surface area (Å²) < 4.78 is 36.3. The van der Waals surface area contributed by atoms with Gasteiger partial charge >= 0.3 is 5.97 Å². The number of aromatic nitrogens is 1. The lowest BCUT2D eigenvalue weighted by atomic mass is 9.86. The highest BCUT2D eigenvalue weighted by molar-refractivity contribution is 7.80. The van der Waals surface area contributed by atoms with Gasteiger partial charge in [-0.05, 0) is 32.4 Å². The summed E-state index contributed by atoms with van der Waals surface area (Å²) in [7, 11) is 2.91. The molecular weight excluding hydrogens is 535 g/mol. The molecule has 0 aliphatic rings. The Balaban J connectivity index is 1.88. The Morgan fingerprint density at radius 3 is 2.40 bits per heavy atom. The van der Waals surface area contributed by atoms with Crippen molar-refractivity contribution in [3.05, 3.63) is 82.9 Å². The fraction of sp³-hybridized carbons (Fsp3) is 0.333. The van der Waals surface area contributed by atoms with Gasteiger partial charge in [-0.15, -0.1) is 0 Å². The number of thiocarbonyl (C=S) groups is 1. The van der Waals surface area contributed by atoms with Gasteiger partial charge in [-0.3, -0.25) is 4.79 Å². The highest BCUT2D eigenvalue weighted by atomic mass is 32.1. The van der Waals surface area contributed by atoms with E-state index < -0.39 is 23.4 Å². The van der Waals surface area contributed by atoms with Crippen LogP contribution in [0.25, 0.3) is 0 Å². The first-order valence-corrected chi connectivity index (χ1v) is 12.9. The van der Waals surface area contributed by atoms with Crippen LogP contribution in [0.3, 0.4) is 0 Å². The van der Waals surface area contributed by atoms with Crippen LogP contribution in [0.1, 0.15) is 49.1 Å². The summed E-state index contributed by atoms with van der Waals surface area (Å²) >= 11 is 5.54. The molecule has 8 nitrogen and oxygen atoms in total. The first-order chi connectivity index (χ1) is 19.0. The van der Waals surface area contributed by atoms with Gasteiger partial charge < -0.3 is 29.1 Å². The molecule has 3 atom stereocenters. The average molecular weight is 569 g/mol. The fourth-order valence-electron chi connectivity index (χ4n) is 4.23. The fourth-order valence-corrected chi connectivity index (χ4v) is 4.61. The maximum absolute atomic E-state index is 14.0. The molecule has 0 aliphatic heterocycles. The van der Waals surface area contributed by atoms with Crippen molar-refractivity contribution in [1.29, 1.82) is 0 Å². The maximum Gasteiger partial charge on any atom is 0.308 e. The number of pyridine rings is 1. The normalized spacial score (nSPS) is 13.9. The molecule has 0 saturated heterocycles. The predicted octanol–water partition coefficient (Wildman–Crippen LogP) is 4.93. The maximum atomic E-state index is 14.0. The van der Waals surface area contributed by atoms with Crippen molar-refractivity contribution in [3.8, 4) is 17.2 Å². The molecule has 0 fully saturated rings. The quantitative estimate of drug-likeness (QED) is 0.185. The lowest BCUT2D eigenvalue weighted by Crippen LogP contribution is -2.51. The lowest BCUT2D eigenvalue weighted by molar-refractivity contribution is -0.132. The molecule has 0 amide bonds. The summed E-state index contributed by atoms with van der Waals surface area (Å²) in [5.41, 5.74) is 1.63. The third-order valence-electron chi connectivity index (χ3n) is 6.29. The number of aldehydes is 1. The number of hydrogen-bond acceptors (Lipinski definition) is 8. The van der Waals surface area contributed by atoms with E-state index in [4.69, 9.17) is 31.2 Å². The third-order valence-corrected chi connectivity index (χ3v) is 6.59. The predicted molar refractivity (Wildman–Crippen MR) is 153 cm³/mol. The van der Waals surface area contributed by atoms with Gasteiger partial charge in [0.05, 0.1) is 26.9 Å². The van der Waals surface area contributed by atoms with E-state index in [-0.39, 0.29) is 34.7 Å². The smallest absolute Gasteiger partial charge is 0.308 e. The van der Waals surface area contributed by atoms with Gasteiger partial charge in [-0.1, -0.05) is 48.1 Å². The molecule has 10 heteroatoms. The number of esters is 1. The summed E-state index contributed by atoms with van der Waals surface area (Å²) in [6, 6.07) is 13.9. The minimum atomic E-state index is -1.27. The number of nitrogens with zero attached hydrogens (tertiary/aromatic N) is 1. The minimum Gasteiger partial charge on any atom is -0.496 e. The average Bonchev–Trinajstić information content (AvgIpc) is 2.93. The Morgan fingerprint density at radius 2 is 1.80 bits per heavy atom. The zero-order valence-corrected chi connectivity index (χ0v) is 24.1. The molecule has 1 heterocycles. The number of carbonyl (C=O) groups excluding carboxylic acids is 2. The van der Waals surface area contributed by atoms with E-state index in [1.54, 1.807) is 13.0 Å². The molecule has 0 aliphatic carbocycles. The zero-order valence-electron chi connectivity index (χ0n) is 23.3. The number of carbonyl (C=O) groups is 2. The van der Waals surface area contributed by atoms with Gasteiger partial charge in [0.15, 0.2) is 5.75 Å². The molecule has 40 heavy (non-hydrogen) atoms. The van der Waals surface area contributed by atoms with E-state index in [0.29, 0.717) is 12.0 Å². The number of aryl methyl sites for hydroxylation is 1. The minimum absolute atomic E-state index is 0.0420. The Hall–Kier alpha value is -3.89. The number of hydrogen-bond donors (Lipinski definition) is 1. The summed E-state index contributed by atoms with van der Waals surface area (Å²) in [6.45, 7) is 6.67. The SMILES string of the molecule is COc1cc(F)ccc1[C@H](c1ccc(C)cc1)[C@H](C)OC[C@@](C)(C=O)NC(=S)c1nccc(OC)c1OC(C)=O. The number of ether oxygens (including phenoxy) is 4. The number of benzene rings is 2. The molecule has 212 valence electrons.